The molecule has 1 aromatic carbocycles. The van der Waals surface area contributed by atoms with Gasteiger partial charge in [0.05, 0.1) is 0 Å². The molecule has 1 aromatic heterocycles. The Balaban J connectivity index is 1.41. The Bertz CT molecular complexity index is 870. The molecule has 1 fully saturated rings. The van der Waals surface area contributed by atoms with Crippen molar-refractivity contribution in [3.05, 3.63) is 58.9 Å². The largest absolute Gasteiger partial charge is 0.342 e. The maximum atomic E-state index is 13.1. The number of aromatic nitrogens is 2. The summed E-state index contributed by atoms with van der Waals surface area (Å²) in [6.45, 7) is 7.25. The summed E-state index contributed by atoms with van der Waals surface area (Å²) >= 11 is 0. The number of rotatable bonds is 4. The van der Waals surface area contributed by atoms with Crippen LogP contribution < -0.4 is 0 Å². The molecule has 29 heavy (non-hydrogen) atoms. The second-order valence-corrected chi connectivity index (χ2v) is 8.40. The molecule has 2 aliphatic heterocycles. The molecule has 154 valence electrons. The molecule has 2 atom stereocenters. The second-order valence-electron chi connectivity index (χ2n) is 8.40. The third kappa shape index (κ3) is 4.64. The summed E-state index contributed by atoms with van der Waals surface area (Å²) in [5.74, 6) is 1.08. The number of hydrogen-bond acceptors (Lipinski definition) is 4. The molecular weight excluding hydrogens is 367 g/mol. The van der Waals surface area contributed by atoms with E-state index in [-0.39, 0.29) is 17.6 Å². The minimum Gasteiger partial charge on any atom is -0.342 e. The van der Waals surface area contributed by atoms with Crippen molar-refractivity contribution in [3.63, 3.8) is 0 Å². The average molecular weight is 397 g/mol. The smallest absolute Gasteiger partial charge is 0.219 e. The zero-order valence-corrected chi connectivity index (χ0v) is 17.3. The topological polar surface area (TPSA) is 49.3 Å². The first kappa shape index (κ1) is 20.0. The number of fused-ring (bicyclic) bond motifs is 1. The highest BCUT2D eigenvalue weighted by molar-refractivity contribution is 5.73. The van der Waals surface area contributed by atoms with Crippen molar-refractivity contribution in [1.29, 1.82) is 0 Å². The zero-order chi connectivity index (χ0) is 20.4. The first-order chi connectivity index (χ1) is 14.0. The van der Waals surface area contributed by atoms with E-state index in [0.717, 1.165) is 68.9 Å². The van der Waals surface area contributed by atoms with Crippen molar-refractivity contribution in [2.45, 2.75) is 58.0 Å². The molecule has 4 rings (SSSR count). The summed E-state index contributed by atoms with van der Waals surface area (Å²) in [6, 6.07) is 7.17. The Morgan fingerprint density at radius 2 is 2.07 bits per heavy atom. The number of likely N-dealkylation sites (tertiary alicyclic amines) is 1. The maximum Gasteiger partial charge on any atom is 0.219 e. The van der Waals surface area contributed by atoms with Crippen molar-refractivity contribution >= 4 is 5.91 Å². The highest BCUT2D eigenvalue weighted by Gasteiger charge is 2.27. The number of hydrogen-bond donors (Lipinski definition) is 0. The molecule has 3 heterocycles. The Kier molecular flexibility index (Phi) is 5.90. The van der Waals surface area contributed by atoms with Gasteiger partial charge >= 0.3 is 0 Å². The van der Waals surface area contributed by atoms with Gasteiger partial charge in [0.2, 0.25) is 5.91 Å². The standard InChI is InChI=1S/C23H29FN4O/c1-16(12-18-5-7-21(24)8-6-18)27-11-9-22-20(15-27)13-25-23(26-22)19-4-3-10-28(14-19)17(2)29/h5-8,13,16,19H,3-4,9-12,14-15H2,1-2H3/t16-,19+/m0/s1. The SMILES string of the molecule is CC(=O)N1CCC[C@@H](c2ncc3c(n2)CCN([C@@H](C)Cc2ccc(F)cc2)C3)C1. The third-order valence-electron chi connectivity index (χ3n) is 6.28. The van der Waals surface area contributed by atoms with Crippen LogP contribution in [0.15, 0.2) is 30.5 Å². The molecule has 1 saturated heterocycles. The van der Waals surface area contributed by atoms with Gasteiger partial charge in [-0.25, -0.2) is 14.4 Å². The zero-order valence-electron chi connectivity index (χ0n) is 17.3. The highest BCUT2D eigenvalue weighted by atomic mass is 19.1. The molecule has 0 saturated carbocycles. The van der Waals surface area contributed by atoms with E-state index in [2.05, 4.69) is 16.8 Å². The Morgan fingerprint density at radius 3 is 2.83 bits per heavy atom. The molecule has 0 spiro atoms. The van der Waals surface area contributed by atoms with Crippen LogP contribution in [-0.2, 0) is 24.2 Å². The predicted octanol–water partition coefficient (Wildman–Crippen LogP) is 3.33. The Labute approximate surface area is 172 Å². The predicted molar refractivity (Wildman–Crippen MR) is 110 cm³/mol. The number of halogens is 1. The quantitative estimate of drug-likeness (QED) is 0.795. The summed E-state index contributed by atoms with van der Waals surface area (Å²) in [7, 11) is 0. The molecule has 0 aliphatic carbocycles. The molecule has 6 heteroatoms. The fourth-order valence-corrected chi connectivity index (χ4v) is 4.49. The summed E-state index contributed by atoms with van der Waals surface area (Å²) in [6.07, 6.45) is 5.86. The molecule has 2 aromatic rings. The van der Waals surface area contributed by atoms with Crippen LogP contribution in [0.4, 0.5) is 4.39 Å². The Hall–Kier alpha value is -2.34. The van der Waals surface area contributed by atoms with Crippen LogP contribution in [0.5, 0.6) is 0 Å². The number of carbonyl (C=O) groups is 1. The van der Waals surface area contributed by atoms with Gasteiger partial charge in [-0.1, -0.05) is 12.1 Å². The summed E-state index contributed by atoms with van der Waals surface area (Å²) in [5.41, 5.74) is 3.51. The van der Waals surface area contributed by atoms with Crippen LogP contribution in [0.2, 0.25) is 0 Å². The average Bonchev–Trinajstić information content (AvgIpc) is 2.74. The summed E-state index contributed by atoms with van der Waals surface area (Å²) in [4.78, 5) is 25.7. The number of nitrogens with zero attached hydrogens (tertiary/aromatic N) is 4. The van der Waals surface area contributed by atoms with Crippen LogP contribution in [0, 0.1) is 5.82 Å². The minimum atomic E-state index is -0.189. The van der Waals surface area contributed by atoms with Gasteiger partial charge in [0, 0.05) is 68.9 Å². The van der Waals surface area contributed by atoms with Crippen LogP contribution in [0.25, 0.3) is 0 Å². The highest BCUT2D eigenvalue weighted by Crippen LogP contribution is 2.27. The van der Waals surface area contributed by atoms with Crippen molar-refractivity contribution in [2.24, 2.45) is 0 Å². The van der Waals surface area contributed by atoms with Crippen LogP contribution >= 0.6 is 0 Å². The lowest BCUT2D eigenvalue weighted by atomic mass is 9.96. The molecule has 5 nitrogen and oxygen atoms in total. The molecule has 0 radical (unpaired) electrons. The lowest BCUT2D eigenvalue weighted by Crippen LogP contribution is -2.40. The first-order valence-electron chi connectivity index (χ1n) is 10.6. The normalized spacial score (nSPS) is 20.9. The van der Waals surface area contributed by atoms with Crippen LogP contribution in [-0.4, -0.2) is 51.4 Å². The molecule has 2 aliphatic rings. The molecule has 0 bridgehead atoms. The number of piperidine rings is 1. The van der Waals surface area contributed by atoms with Crippen LogP contribution in [0.1, 0.15) is 55.3 Å². The van der Waals surface area contributed by atoms with Crippen molar-refractivity contribution in [1.82, 2.24) is 19.8 Å². The van der Waals surface area contributed by atoms with E-state index < -0.39 is 0 Å². The van der Waals surface area contributed by atoms with Crippen molar-refractivity contribution < 1.29 is 9.18 Å². The Morgan fingerprint density at radius 1 is 1.28 bits per heavy atom. The monoisotopic (exact) mass is 396 g/mol. The van der Waals surface area contributed by atoms with E-state index >= 15 is 0 Å². The fraction of sp³-hybridized carbons (Fsp3) is 0.522. The van der Waals surface area contributed by atoms with Gasteiger partial charge < -0.3 is 4.90 Å². The minimum absolute atomic E-state index is 0.137. The number of amides is 1. The van der Waals surface area contributed by atoms with E-state index in [0.29, 0.717) is 6.04 Å². The van der Waals surface area contributed by atoms with E-state index in [1.165, 1.54) is 17.7 Å². The van der Waals surface area contributed by atoms with Gasteiger partial charge in [-0.05, 0) is 43.9 Å². The van der Waals surface area contributed by atoms with Crippen molar-refractivity contribution in [2.75, 3.05) is 19.6 Å². The van der Waals surface area contributed by atoms with Gasteiger partial charge in [-0.15, -0.1) is 0 Å². The van der Waals surface area contributed by atoms with Gasteiger partial charge in [-0.2, -0.15) is 0 Å². The van der Waals surface area contributed by atoms with Gasteiger partial charge in [0.25, 0.3) is 0 Å². The van der Waals surface area contributed by atoms with Gasteiger partial charge in [-0.3, -0.25) is 9.69 Å². The van der Waals surface area contributed by atoms with Crippen molar-refractivity contribution in [3.8, 4) is 0 Å². The molecular formula is C23H29FN4O. The summed E-state index contributed by atoms with van der Waals surface area (Å²) < 4.78 is 13.1. The van der Waals surface area contributed by atoms with E-state index in [4.69, 9.17) is 4.98 Å². The lowest BCUT2D eigenvalue weighted by molar-refractivity contribution is -0.130. The second kappa shape index (κ2) is 8.57. The van der Waals surface area contributed by atoms with Crippen LogP contribution in [0.3, 0.4) is 0 Å². The van der Waals surface area contributed by atoms with E-state index in [1.807, 2.05) is 23.2 Å². The molecule has 0 unspecified atom stereocenters. The maximum absolute atomic E-state index is 13.1. The van der Waals surface area contributed by atoms with Gasteiger partial charge in [0.1, 0.15) is 11.6 Å². The molecule has 1 amide bonds. The molecule has 0 N–H and O–H groups in total. The third-order valence-corrected chi connectivity index (χ3v) is 6.28. The number of benzene rings is 1. The summed E-state index contributed by atoms with van der Waals surface area (Å²) in [5, 5.41) is 0. The lowest BCUT2D eigenvalue weighted by Gasteiger charge is -2.34. The first-order valence-corrected chi connectivity index (χ1v) is 10.6. The fourth-order valence-electron chi connectivity index (χ4n) is 4.49. The van der Waals surface area contributed by atoms with E-state index in [9.17, 15) is 9.18 Å². The van der Waals surface area contributed by atoms with Gasteiger partial charge in [0.15, 0.2) is 0 Å². The number of carbonyl (C=O) groups excluding carboxylic acids is 1. The van der Waals surface area contributed by atoms with E-state index in [1.54, 1.807) is 6.92 Å².